The molecule has 0 spiro atoms. The second-order valence-corrected chi connectivity index (χ2v) is 6.28. The van der Waals surface area contributed by atoms with E-state index in [-0.39, 0.29) is 0 Å². The number of nitrogens with one attached hydrogen (secondary N) is 1. The zero-order valence-electron chi connectivity index (χ0n) is 12.5. The van der Waals surface area contributed by atoms with Gasteiger partial charge >= 0.3 is 0 Å². The molecule has 0 heterocycles. The fourth-order valence-corrected chi connectivity index (χ4v) is 3.96. The summed E-state index contributed by atoms with van der Waals surface area (Å²) in [6.07, 6.45) is 11.4. The maximum absolute atomic E-state index is 3.77. The van der Waals surface area contributed by atoms with E-state index in [4.69, 9.17) is 0 Å². The molecule has 1 N–H and O–H groups in total. The minimum atomic E-state index is 0.806. The second kappa shape index (κ2) is 7.49. The van der Waals surface area contributed by atoms with Crippen LogP contribution in [0, 0.1) is 5.92 Å². The van der Waals surface area contributed by atoms with Crippen molar-refractivity contribution in [2.45, 2.75) is 77.3 Å². The Morgan fingerprint density at radius 3 is 2.44 bits per heavy atom. The molecular formula is C16H32N2. The van der Waals surface area contributed by atoms with Crippen LogP contribution in [0.15, 0.2) is 0 Å². The third kappa shape index (κ3) is 3.71. The number of hydrogen-bond acceptors (Lipinski definition) is 2. The summed E-state index contributed by atoms with van der Waals surface area (Å²) in [7, 11) is 0. The molecule has 0 aliphatic heterocycles. The molecule has 0 aromatic heterocycles. The summed E-state index contributed by atoms with van der Waals surface area (Å²) in [6, 6.07) is 1.71. The molecular weight excluding hydrogens is 220 g/mol. The molecule has 2 unspecified atom stereocenters. The van der Waals surface area contributed by atoms with Crippen molar-refractivity contribution in [3.8, 4) is 0 Å². The molecule has 2 aliphatic rings. The van der Waals surface area contributed by atoms with Gasteiger partial charge in [-0.15, -0.1) is 0 Å². The molecule has 2 nitrogen and oxygen atoms in total. The zero-order valence-corrected chi connectivity index (χ0v) is 12.5. The van der Waals surface area contributed by atoms with E-state index < -0.39 is 0 Å². The Labute approximate surface area is 114 Å². The van der Waals surface area contributed by atoms with E-state index in [2.05, 4.69) is 24.1 Å². The van der Waals surface area contributed by atoms with E-state index in [9.17, 15) is 0 Å². The van der Waals surface area contributed by atoms with Crippen LogP contribution in [0.4, 0.5) is 0 Å². The van der Waals surface area contributed by atoms with E-state index in [1.54, 1.807) is 0 Å². The van der Waals surface area contributed by atoms with Crippen molar-refractivity contribution in [1.82, 2.24) is 10.2 Å². The molecule has 106 valence electrons. The lowest BCUT2D eigenvalue weighted by atomic mass is 10.0. The summed E-state index contributed by atoms with van der Waals surface area (Å²) in [4.78, 5) is 2.78. The minimum absolute atomic E-state index is 0.806. The highest BCUT2D eigenvalue weighted by Crippen LogP contribution is 2.30. The Morgan fingerprint density at radius 1 is 1.00 bits per heavy atom. The van der Waals surface area contributed by atoms with Gasteiger partial charge in [0.2, 0.25) is 0 Å². The van der Waals surface area contributed by atoms with E-state index in [1.807, 2.05) is 0 Å². The fraction of sp³-hybridized carbons (Fsp3) is 1.00. The van der Waals surface area contributed by atoms with Gasteiger partial charge in [0.05, 0.1) is 0 Å². The van der Waals surface area contributed by atoms with Gasteiger partial charge in [-0.05, 0) is 51.1 Å². The fourth-order valence-electron chi connectivity index (χ4n) is 3.96. The summed E-state index contributed by atoms with van der Waals surface area (Å²) < 4.78 is 0. The van der Waals surface area contributed by atoms with Crippen LogP contribution in [0.2, 0.25) is 0 Å². The molecule has 2 atom stereocenters. The van der Waals surface area contributed by atoms with Gasteiger partial charge < -0.3 is 10.2 Å². The highest BCUT2D eigenvalue weighted by molar-refractivity contribution is 4.87. The molecule has 0 amide bonds. The Hall–Kier alpha value is -0.0800. The van der Waals surface area contributed by atoms with Gasteiger partial charge in [-0.3, -0.25) is 0 Å². The summed E-state index contributed by atoms with van der Waals surface area (Å²) in [5, 5.41) is 3.77. The van der Waals surface area contributed by atoms with Crippen LogP contribution in [0.25, 0.3) is 0 Å². The van der Waals surface area contributed by atoms with Gasteiger partial charge in [0, 0.05) is 18.6 Å². The van der Waals surface area contributed by atoms with Gasteiger partial charge in [-0.2, -0.15) is 0 Å². The normalized spacial score (nSPS) is 29.5. The SMILES string of the molecule is CCCNC1CCCC1CN(CC)C1CCCC1. The third-order valence-electron chi connectivity index (χ3n) is 5.03. The van der Waals surface area contributed by atoms with Crippen molar-refractivity contribution in [3.63, 3.8) is 0 Å². The van der Waals surface area contributed by atoms with Crippen LogP contribution >= 0.6 is 0 Å². The topological polar surface area (TPSA) is 15.3 Å². The third-order valence-corrected chi connectivity index (χ3v) is 5.03. The van der Waals surface area contributed by atoms with Crippen LogP contribution in [0.3, 0.4) is 0 Å². The lowest BCUT2D eigenvalue weighted by molar-refractivity contribution is 0.166. The molecule has 0 aromatic rings. The Morgan fingerprint density at radius 2 is 1.78 bits per heavy atom. The van der Waals surface area contributed by atoms with Gasteiger partial charge in [-0.25, -0.2) is 0 Å². The van der Waals surface area contributed by atoms with E-state index in [0.29, 0.717) is 0 Å². The molecule has 0 bridgehead atoms. The predicted molar refractivity (Wildman–Crippen MR) is 78.9 cm³/mol. The molecule has 0 saturated heterocycles. The molecule has 2 saturated carbocycles. The molecule has 0 radical (unpaired) electrons. The molecule has 18 heavy (non-hydrogen) atoms. The van der Waals surface area contributed by atoms with Crippen molar-refractivity contribution in [2.75, 3.05) is 19.6 Å². The highest BCUT2D eigenvalue weighted by Gasteiger charge is 2.30. The first-order valence-corrected chi connectivity index (χ1v) is 8.32. The predicted octanol–water partition coefficient (Wildman–Crippen LogP) is 3.42. The molecule has 2 fully saturated rings. The Kier molecular flexibility index (Phi) is 5.97. The van der Waals surface area contributed by atoms with E-state index in [1.165, 1.54) is 71.0 Å². The Balaban J connectivity index is 1.81. The number of rotatable bonds is 7. The standard InChI is InChI=1S/C16H32N2/c1-3-12-17-16-11-7-8-14(16)13-18(4-2)15-9-5-6-10-15/h14-17H,3-13H2,1-2H3. The van der Waals surface area contributed by atoms with E-state index >= 15 is 0 Å². The van der Waals surface area contributed by atoms with Gasteiger partial charge in [0.15, 0.2) is 0 Å². The van der Waals surface area contributed by atoms with Crippen LogP contribution in [-0.2, 0) is 0 Å². The average Bonchev–Trinajstić information content (AvgIpc) is 3.04. The van der Waals surface area contributed by atoms with Gasteiger partial charge in [0.25, 0.3) is 0 Å². The number of hydrogen-bond donors (Lipinski definition) is 1. The molecule has 2 heteroatoms. The van der Waals surface area contributed by atoms with E-state index in [0.717, 1.165) is 18.0 Å². The lowest BCUT2D eigenvalue weighted by Gasteiger charge is -2.32. The lowest BCUT2D eigenvalue weighted by Crippen LogP contribution is -2.42. The van der Waals surface area contributed by atoms with Crippen LogP contribution in [0.5, 0.6) is 0 Å². The van der Waals surface area contributed by atoms with Crippen LogP contribution in [0.1, 0.15) is 65.2 Å². The maximum atomic E-state index is 3.77. The average molecular weight is 252 g/mol. The summed E-state index contributed by atoms with van der Waals surface area (Å²) >= 11 is 0. The molecule has 2 rings (SSSR count). The highest BCUT2D eigenvalue weighted by atomic mass is 15.2. The van der Waals surface area contributed by atoms with Crippen molar-refractivity contribution >= 4 is 0 Å². The molecule has 2 aliphatic carbocycles. The minimum Gasteiger partial charge on any atom is -0.314 e. The first-order valence-electron chi connectivity index (χ1n) is 8.32. The summed E-state index contributed by atoms with van der Waals surface area (Å²) in [5.41, 5.74) is 0. The van der Waals surface area contributed by atoms with Crippen molar-refractivity contribution in [3.05, 3.63) is 0 Å². The zero-order chi connectivity index (χ0) is 12.8. The van der Waals surface area contributed by atoms with Crippen LogP contribution in [-0.4, -0.2) is 36.6 Å². The smallest absolute Gasteiger partial charge is 0.0107 e. The van der Waals surface area contributed by atoms with Crippen molar-refractivity contribution in [1.29, 1.82) is 0 Å². The first kappa shape index (κ1) is 14.3. The van der Waals surface area contributed by atoms with Crippen molar-refractivity contribution < 1.29 is 0 Å². The summed E-state index contributed by atoms with van der Waals surface area (Å²) in [6.45, 7) is 8.43. The van der Waals surface area contributed by atoms with Crippen LogP contribution < -0.4 is 5.32 Å². The Bertz CT molecular complexity index is 223. The maximum Gasteiger partial charge on any atom is 0.0107 e. The molecule has 0 aromatic carbocycles. The monoisotopic (exact) mass is 252 g/mol. The van der Waals surface area contributed by atoms with Gasteiger partial charge in [-0.1, -0.05) is 33.1 Å². The number of nitrogens with zero attached hydrogens (tertiary/aromatic N) is 1. The van der Waals surface area contributed by atoms with Gasteiger partial charge in [0.1, 0.15) is 0 Å². The summed E-state index contributed by atoms with van der Waals surface area (Å²) in [5.74, 6) is 0.914. The largest absolute Gasteiger partial charge is 0.314 e. The quantitative estimate of drug-likeness (QED) is 0.747. The second-order valence-electron chi connectivity index (χ2n) is 6.28. The van der Waals surface area contributed by atoms with Crippen molar-refractivity contribution in [2.24, 2.45) is 5.92 Å². The first-order chi connectivity index (χ1) is 8.85.